The van der Waals surface area contributed by atoms with Crippen LogP contribution in [0.1, 0.15) is 61.9 Å². The molecule has 0 aliphatic heterocycles. The molecule has 1 heterocycles. The molecule has 0 spiro atoms. The molecule has 0 radical (unpaired) electrons. The number of benzene rings is 1. The zero-order chi connectivity index (χ0) is 18.7. The van der Waals surface area contributed by atoms with Crippen molar-refractivity contribution in [2.24, 2.45) is 5.73 Å². The molecule has 0 bridgehead atoms. The van der Waals surface area contributed by atoms with Crippen molar-refractivity contribution in [2.45, 2.75) is 62.1 Å². The van der Waals surface area contributed by atoms with Gasteiger partial charge in [-0.2, -0.15) is 0 Å². The molecule has 3 N–H and O–H groups in total. The van der Waals surface area contributed by atoms with Crippen LogP contribution in [0.15, 0.2) is 23.2 Å². The highest BCUT2D eigenvalue weighted by Crippen LogP contribution is 2.43. The molecule has 140 valence electrons. The Bertz CT molecular complexity index is 978. The van der Waals surface area contributed by atoms with E-state index >= 15 is 0 Å². The molecule has 1 atom stereocenters. The van der Waals surface area contributed by atoms with Gasteiger partial charge in [0.15, 0.2) is 0 Å². The average molecular weight is 377 g/mol. The van der Waals surface area contributed by atoms with Crippen molar-refractivity contribution < 1.29 is 12.8 Å². The summed E-state index contributed by atoms with van der Waals surface area (Å²) in [7, 11) is -3.84. The Morgan fingerprint density at radius 2 is 2.00 bits per heavy atom. The van der Waals surface area contributed by atoms with Gasteiger partial charge in [-0.25, -0.2) is 17.5 Å². The normalized spacial score (nSPS) is 20.5. The van der Waals surface area contributed by atoms with Crippen molar-refractivity contribution in [3.05, 3.63) is 35.2 Å². The number of hydrogen-bond acceptors (Lipinski definition) is 4. The lowest BCUT2D eigenvalue weighted by Crippen LogP contribution is -2.35. The van der Waals surface area contributed by atoms with E-state index in [4.69, 9.17) is 5.73 Å². The fraction of sp³-hybridized carbons (Fsp3) is 0.526. The third kappa shape index (κ3) is 3.23. The maximum atomic E-state index is 13.8. The monoisotopic (exact) mass is 377 g/mol. The number of pyridine rings is 1. The summed E-state index contributed by atoms with van der Waals surface area (Å²) in [6, 6.07) is 3.50. The predicted molar refractivity (Wildman–Crippen MR) is 99.3 cm³/mol. The van der Waals surface area contributed by atoms with E-state index in [1.54, 1.807) is 12.3 Å². The van der Waals surface area contributed by atoms with Crippen molar-refractivity contribution in [1.29, 1.82) is 0 Å². The maximum absolute atomic E-state index is 13.8. The first-order valence-corrected chi connectivity index (χ1v) is 10.5. The van der Waals surface area contributed by atoms with Crippen LogP contribution < -0.4 is 10.5 Å². The van der Waals surface area contributed by atoms with Crippen LogP contribution in [0.3, 0.4) is 0 Å². The molecule has 26 heavy (non-hydrogen) atoms. The third-order valence-electron chi connectivity index (χ3n) is 5.20. The molecule has 7 heteroatoms. The zero-order valence-electron chi connectivity index (χ0n) is 15.0. The second-order valence-electron chi connectivity index (χ2n) is 8.06. The Morgan fingerprint density at radius 1 is 1.27 bits per heavy atom. The Labute approximate surface area is 153 Å². The van der Waals surface area contributed by atoms with Crippen molar-refractivity contribution in [3.8, 4) is 0 Å². The Balaban J connectivity index is 1.89. The minimum atomic E-state index is -3.84. The van der Waals surface area contributed by atoms with Gasteiger partial charge in [0.05, 0.1) is 4.90 Å². The number of nitrogens with two attached hydrogens (primary N) is 1. The van der Waals surface area contributed by atoms with Crippen LogP contribution in [0.2, 0.25) is 0 Å². The number of alkyl halides is 1. The van der Waals surface area contributed by atoms with Gasteiger partial charge in [-0.3, -0.25) is 4.98 Å². The van der Waals surface area contributed by atoms with Gasteiger partial charge >= 0.3 is 0 Å². The highest BCUT2D eigenvalue weighted by atomic mass is 32.2. The number of fused-ring (bicyclic) bond motifs is 3. The summed E-state index contributed by atoms with van der Waals surface area (Å²) in [6.07, 6.45) is 5.47. The maximum Gasteiger partial charge on any atom is 0.241 e. The van der Waals surface area contributed by atoms with Crippen molar-refractivity contribution in [3.63, 3.8) is 0 Å². The molecule has 2 aromatic rings. The quantitative estimate of drug-likeness (QED) is 0.838. The lowest BCUT2D eigenvalue weighted by Gasteiger charge is -2.18. The molecule has 1 fully saturated rings. The van der Waals surface area contributed by atoms with Crippen molar-refractivity contribution in [2.75, 3.05) is 6.54 Å². The van der Waals surface area contributed by atoms with Crippen LogP contribution in [0.5, 0.6) is 0 Å². The first-order chi connectivity index (χ1) is 12.2. The van der Waals surface area contributed by atoms with Crippen LogP contribution in [0.25, 0.3) is 10.8 Å². The fourth-order valence-electron chi connectivity index (χ4n) is 3.65. The van der Waals surface area contributed by atoms with E-state index in [-0.39, 0.29) is 17.5 Å². The minimum Gasteiger partial charge on any atom is -0.324 e. The Hall–Kier alpha value is -1.57. The summed E-state index contributed by atoms with van der Waals surface area (Å²) in [5, 5.41) is 1.44. The number of hydrogen-bond donors (Lipinski definition) is 2. The number of halogens is 1. The number of nitrogens with zero attached hydrogens (tertiary/aromatic N) is 1. The van der Waals surface area contributed by atoms with E-state index in [1.165, 1.54) is 13.8 Å². The summed E-state index contributed by atoms with van der Waals surface area (Å²) in [5.74, 6) is 0.412. The van der Waals surface area contributed by atoms with E-state index in [9.17, 15) is 12.8 Å². The van der Waals surface area contributed by atoms with Gasteiger partial charge in [0.2, 0.25) is 10.0 Å². The number of rotatable bonds is 5. The number of aryl methyl sites for hydroxylation is 1. The molecule has 1 aromatic heterocycles. The molecule has 4 rings (SSSR count). The zero-order valence-corrected chi connectivity index (χ0v) is 15.9. The minimum absolute atomic E-state index is 0.101. The molecule has 5 nitrogen and oxygen atoms in total. The van der Waals surface area contributed by atoms with Gasteiger partial charge in [0.1, 0.15) is 5.67 Å². The van der Waals surface area contributed by atoms with E-state index in [0.29, 0.717) is 11.3 Å². The molecular weight excluding hydrogens is 353 g/mol. The molecule has 1 aromatic carbocycles. The highest BCUT2D eigenvalue weighted by Gasteiger charge is 2.31. The average Bonchev–Trinajstić information content (AvgIpc) is 3.35. The van der Waals surface area contributed by atoms with E-state index in [0.717, 1.165) is 47.9 Å². The van der Waals surface area contributed by atoms with Crippen LogP contribution >= 0.6 is 0 Å². The van der Waals surface area contributed by atoms with Crippen LogP contribution in [-0.2, 0) is 16.4 Å². The summed E-state index contributed by atoms with van der Waals surface area (Å²) in [4.78, 5) is 4.76. The highest BCUT2D eigenvalue weighted by molar-refractivity contribution is 7.89. The van der Waals surface area contributed by atoms with Crippen molar-refractivity contribution >= 4 is 20.8 Å². The summed E-state index contributed by atoms with van der Waals surface area (Å²) < 4.78 is 42.1. The molecule has 1 saturated carbocycles. The summed E-state index contributed by atoms with van der Waals surface area (Å²) >= 11 is 0. The molecule has 2 aliphatic rings. The smallest absolute Gasteiger partial charge is 0.241 e. The first-order valence-electron chi connectivity index (χ1n) is 9.05. The topological polar surface area (TPSA) is 85.1 Å². The van der Waals surface area contributed by atoms with E-state index < -0.39 is 15.7 Å². The van der Waals surface area contributed by atoms with Crippen LogP contribution in [0.4, 0.5) is 4.39 Å². The lowest BCUT2D eigenvalue weighted by molar-refractivity contribution is 0.221. The summed E-state index contributed by atoms with van der Waals surface area (Å²) in [5.41, 5.74) is 7.50. The predicted octanol–water partition coefficient (Wildman–Crippen LogP) is 3.08. The van der Waals surface area contributed by atoms with E-state index in [1.807, 2.05) is 6.07 Å². The van der Waals surface area contributed by atoms with Crippen LogP contribution in [-0.4, -0.2) is 25.6 Å². The molecule has 0 saturated heterocycles. The molecule has 1 unspecified atom stereocenters. The largest absolute Gasteiger partial charge is 0.324 e. The van der Waals surface area contributed by atoms with Gasteiger partial charge in [0, 0.05) is 41.2 Å². The number of nitrogens with one attached hydrogen (secondary N) is 1. The molecule has 0 amide bonds. The van der Waals surface area contributed by atoms with Gasteiger partial charge in [-0.1, -0.05) is 0 Å². The molecular formula is C19H24FN3O2S. The second-order valence-corrected chi connectivity index (χ2v) is 9.80. The first kappa shape index (κ1) is 17.8. The van der Waals surface area contributed by atoms with Gasteiger partial charge in [-0.15, -0.1) is 0 Å². The molecule has 2 aliphatic carbocycles. The Morgan fingerprint density at radius 3 is 2.65 bits per heavy atom. The third-order valence-corrected chi connectivity index (χ3v) is 6.64. The van der Waals surface area contributed by atoms with Crippen molar-refractivity contribution in [1.82, 2.24) is 9.71 Å². The van der Waals surface area contributed by atoms with Gasteiger partial charge < -0.3 is 5.73 Å². The number of aromatic nitrogens is 1. The SMILES string of the molecule is CC(C)(F)CNS(=O)(=O)c1cc2c(c3cnc(C4CC4)cc13)C(N)CC2. The van der Waals surface area contributed by atoms with Gasteiger partial charge in [0.25, 0.3) is 0 Å². The second kappa shape index (κ2) is 5.97. The Kier molecular flexibility index (Phi) is 4.09. The summed E-state index contributed by atoms with van der Waals surface area (Å²) in [6.45, 7) is 2.43. The fourth-order valence-corrected chi connectivity index (χ4v) is 5.09. The van der Waals surface area contributed by atoms with E-state index in [2.05, 4.69) is 9.71 Å². The van der Waals surface area contributed by atoms with Crippen LogP contribution in [0, 0.1) is 0 Å². The lowest BCUT2D eigenvalue weighted by atomic mass is 9.99. The standard InChI is InChI=1S/C19H24FN3O2S/c1-19(2,20)10-23-26(24,25)17-7-12-5-6-15(21)18(12)14-9-22-16(8-13(14)17)11-3-4-11/h7-9,11,15,23H,3-6,10,21H2,1-2H3. The number of sulfonamides is 1. The van der Waals surface area contributed by atoms with Gasteiger partial charge in [-0.05, 0) is 62.8 Å².